The number of nitrogens with zero attached hydrogens (tertiary/aromatic N) is 1. The molecule has 0 saturated carbocycles. The van der Waals surface area contributed by atoms with Crippen molar-refractivity contribution in [1.82, 2.24) is 9.88 Å². The van der Waals surface area contributed by atoms with Gasteiger partial charge in [0.15, 0.2) is 0 Å². The van der Waals surface area contributed by atoms with Crippen LogP contribution in [0, 0.1) is 0 Å². The summed E-state index contributed by atoms with van der Waals surface area (Å²) >= 11 is 0. The summed E-state index contributed by atoms with van der Waals surface area (Å²) in [5.41, 5.74) is 5.86. The molecule has 0 radical (unpaired) electrons. The van der Waals surface area contributed by atoms with E-state index in [1.807, 2.05) is 0 Å². The Kier molecular flexibility index (Phi) is 4.21. The molecule has 2 heterocycles. The number of hydrogen-bond acceptors (Lipinski definition) is 7. The first-order valence-corrected chi connectivity index (χ1v) is 7.53. The number of imide groups is 1. The second kappa shape index (κ2) is 6.36. The van der Waals surface area contributed by atoms with Crippen molar-refractivity contribution in [3.05, 3.63) is 51.3 Å². The summed E-state index contributed by atoms with van der Waals surface area (Å²) < 4.78 is 11.0. The molecule has 26 heavy (non-hydrogen) atoms. The Morgan fingerprint density at radius 3 is 2.58 bits per heavy atom. The zero-order valence-electron chi connectivity index (χ0n) is 14.0. The molecule has 1 aliphatic heterocycles. The average Bonchev–Trinajstić information content (AvgIpc) is 2.89. The van der Waals surface area contributed by atoms with Crippen molar-refractivity contribution in [1.29, 1.82) is 0 Å². The van der Waals surface area contributed by atoms with Gasteiger partial charge in [-0.2, -0.15) is 0 Å². The van der Waals surface area contributed by atoms with E-state index >= 15 is 0 Å². The third-order valence-electron chi connectivity index (χ3n) is 4.04. The summed E-state index contributed by atoms with van der Waals surface area (Å²) in [6.45, 7) is 0. The number of carbonyl (C=O) groups is 3. The van der Waals surface area contributed by atoms with E-state index in [1.54, 1.807) is 18.2 Å². The second-order valence-electron chi connectivity index (χ2n) is 5.50. The summed E-state index contributed by atoms with van der Waals surface area (Å²) in [7, 11) is 2.64. The molecule has 0 bridgehead atoms. The number of pyridine rings is 1. The molecular formula is C17H15N3O6. The largest absolute Gasteiger partial charge is 0.495 e. The highest BCUT2D eigenvalue weighted by atomic mass is 16.5. The number of para-hydroxylation sites is 1. The number of nitrogen functional groups attached to an aromatic ring is 1. The standard InChI is InChI=1S/C17H15N3O6/c1-25-10-5-3-4-8(6-12(22)26-2)14(10)20-11(21)7-9-13(15(20)18)17(24)19-16(9)23/h3-5,7H,6,18H2,1-2H3,(H,19,23,24). The highest BCUT2D eigenvalue weighted by Crippen LogP contribution is 2.31. The van der Waals surface area contributed by atoms with Crippen LogP contribution in [-0.2, 0) is 16.0 Å². The number of carbonyl (C=O) groups excluding carboxylic acids is 3. The fraction of sp³-hybridized carbons (Fsp3) is 0.176. The number of rotatable bonds is 4. The molecule has 0 aliphatic carbocycles. The van der Waals surface area contributed by atoms with Gasteiger partial charge in [0.2, 0.25) is 0 Å². The zero-order valence-corrected chi connectivity index (χ0v) is 14.0. The SMILES string of the molecule is COC(=O)Cc1cccc(OC)c1-n1c(N)c2c(cc1=O)C(=O)NC2=O. The number of anilines is 1. The summed E-state index contributed by atoms with van der Waals surface area (Å²) in [5, 5.41) is 2.10. The number of benzene rings is 1. The lowest BCUT2D eigenvalue weighted by molar-refractivity contribution is -0.139. The van der Waals surface area contributed by atoms with Crippen molar-refractivity contribution in [2.24, 2.45) is 0 Å². The van der Waals surface area contributed by atoms with E-state index in [-0.39, 0.29) is 34.8 Å². The Morgan fingerprint density at radius 2 is 1.92 bits per heavy atom. The fourth-order valence-electron chi connectivity index (χ4n) is 2.87. The van der Waals surface area contributed by atoms with Gasteiger partial charge in [0, 0.05) is 6.07 Å². The van der Waals surface area contributed by atoms with Crippen LogP contribution < -0.4 is 21.3 Å². The average molecular weight is 357 g/mol. The lowest BCUT2D eigenvalue weighted by Crippen LogP contribution is -2.26. The van der Waals surface area contributed by atoms with Crippen LogP contribution in [0.5, 0.6) is 5.75 Å². The highest BCUT2D eigenvalue weighted by molar-refractivity contribution is 6.23. The number of hydrogen-bond donors (Lipinski definition) is 2. The maximum absolute atomic E-state index is 12.6. The van der Waals surface area contributed by atoms with Crippen LogP contribution in [0.15, 0.2) is 29.1 Å². The number of amides is 2. The molecule has 3 N–H and O–H groups in total. The molecule has 1 aromatic carbocycles. The molecule has 0 spiro atoms. The van der Waals surface area contributed by atoms with E-state index in [0.717, 1.165) is 10.6 Å². The first-order valence-electron chi connectivity index (χ1n) is 7.53. The molecule has 3 rings (SSSR count). The maximum Gasteiger partial charge on any atom is 0.310 e. The molecule has 0 fully saturated rings. The van der Waals surface area contributed by atoms with Crippen LogP contribution in [0.3, 0.4) is 0 Å². The molecule has 1 aromatic heterocycles. The number of ether oxygens (including phenoxy) is 2. The van der Waals surface area contributed by atoms with Gasteiger partial charge in [0.25, 0.3) is 17.4 Å². The lowest BCUT2D eigenvalue weighted by Gasteiger charge is -2.18. The Bertz CT molecular complexity index is 1010. The van der Waals surface area contributed by atoms with Gasteiger partial charge in [-0.05, 0) is 11.6 Å². The van der Waals surface area contributed by atoms with Gasteiger partial charge >= 0.3 is 5.97 Å². The van der Waals surface area contributed by atoms with Gasteiger partial charge in [0.05, 0.1) is 37.5 Å². The molecule has 1 aliphatic rings. The quantitative estimate of drug-likeness (QED) is 0.583. The third kappa shape index (κ3) is 2.59. The van der Waals surface area contributed by atoms with Gasteiger partial charge in [-0.15, -0.1) is 0 Å². The van der Waals surface area contributed by atoms with Gasteiger partial charge in [-0.25, -0.2) is 0 Å². The van der Waals surface area contributed by atoms with Crippen molar-refractivity contribution in [3.8, 4) is 11.4 Å². The monoisotopic (exact) mass is 357 g/mol. The lowest BCUT2D eigenvalue weighted by atomic mass is 10.1. The van der Waals surface area contributed by atoms with Crippen molar-refractivity contribution < 1.29 is 23.9 Å². The summed E-state index contributed by atoms with van der Waals surface area (Å²) in [6, 6.07) is 5.87. The molecule has 0 saturated heterocycles. The minimum absolute atomic E-state index is 0.0850. The smallest absolute Gasteiger partial charge is 0.310 e. The van der Waals surface area contributed by atoms with E-state index in [1.165, 1.54) is 14.2 Å². The van der Waals surface area contributed by atoms with Crippen molar-refractivity contribution in [2.75, 3.05) is 20.0 Å². The molecule has 2 aromatic rings. The van der Waals surface area contributed by atoms with Crippen LogP contribution in [0.4, 0.5) is 5.82 Å². The zero-order chi connectivity index (χ0) is 19.0. The number of nitrogens with one attached hydrogen (secondary N) is 1. The van der Waals surface area contributed by atoms with E-state index in [2.05, 4.69) is 10.1 Å². The number of esters is 1. The predicted molar refractivity (Wildman–Crippen MR) is 90.5 cm³/mol. The summed E-state index contributed by atoms with van der Waals surface area (Å²) in [4.78, 5) is 48.2. The van der Waals surface area contributed by atoms with Crippen LogP contribution in [0.1, 0.15) is 26.3 Å². The molecule has 134 valence electrons. The maximum atomic E-state index is 12.6. The van der Waals surface area contributed by atoms with Gasteiger partial charge in [-0.1, -0.05) is 12.1 Å². The van der Waals surface area contributed by atoms with Gasteiger partial charge in [-0.3, -0.25) is 29.1 Å². The molecule has 0 atom stereocenters. The first-order chi connectivity index (χ1) is 12.4. The van der Waals surface area contributed by atoms with Gasteiger partial charge in [0.1, 0.15) is 11.6 Å². The first kappa shape index (κ1) is 17.2. The van der Waals surface area contributed by atoms with E-state index in [0.29, 0.717) is 5.56 Å². The molecular weight excluding hydrogens is 342 g/mol. The second-order valence-corrected chi connectivity index (χ2v) is 5.50. The van der Waals surface area contributed by atoms with Crippen molar-refractivity contribution >= 4 is 23.6 Å². The van der Waals surface area contributed by atoms with Crippen molar-refractivity contribution in [3.63, 3.8) is 0 Å². The number of nitrogens with two attached hydrogens (primary N) is 1. The molecule has 0 unspecified atom stereocenters. The minimum atomic E-state index is -0.694. The Balaban J connectivity index is 2.33. The summed E-state index contributed by atoms with van der Waals surface area (Å²) in [6.07, 6.45) is -0.142. The Morgan fingerprint density at radius 1 is 1.19 bits per heavy atom. The molecule has 9 nitrogen and oxygen atoms in total. The Labute approximate surface area is 147 Å². The van der Waals surface area contributed by atoms with Crippen LogP contribution in [0.2, 0.25) is 0 Å². The fourth-order valence-corrected chi connectivity index (χ4v) is 2.87. The van der Waals surface area contributed by atoms with E-state index in [9.17, 15) is 19.2 Å². The highest BCUT2D eigenvalue weighted by Gasteiger charge is 2.32. The van der Waals surface area contributed by atoms with Crippen molar-refractivity contribution in [2.45, 2.75) is 6.42 Å². The van der Waals surface area contributed by atoms with Gasteiger partial charge < -0.3 is 15.2 Å². The normalized spacial score (nSPS) is 12.5. The molecule has 2 amide bonds. The summed E-state index contributed by atoms with van der Waals surface area (Å²) in [5.74, 6) is -1.85. The minimum Gasteiger partial charge on any atom is -0.495 e. The third-order valence-corrected chi connectivity index (χ3v) is 4.04. The van der Waals surface area contributed by atoms with Crippen LogP contribution in [-0.4, -0.2) is 36.6 Å². The number of methoxy groups -OCH3 is 2. The molecule has 9 heteroatoms. The van der Waals surface area contributed by atoms with E-state index < -0.39 is 23.3 Å². The topological polar surface area (TPSA) is 130 Å². The predicted octanol–water partition coefficient (Wildman–Crippen LogP) is 0.0274. The number of fused-ring (bicyclic) bond motifs is 1. The van der Waals surface area contributed by atoms with E-state index in [4.69, 9.17) is 10.5 Å². The number of aromatic nitrogens is 1. The Hall–Kier alpha value is -3.62. The van der Waals surface area contributed by atoms with Crippen LogP contribution in [0.25, 0.3) is 5.69 Å². The van der Waals surface area contributed by atoms with Crippen LogP contribution >= 0.6 is 0 Å².